The third kappa shape index (κ3) is 6.40. The Morgan fingerprint density at radius 1 is 0.268 bits per heavy atom. The van der Waals surface area contributed by atoms with Crippen molar-refractivity contribution in [1.82, 2.24) is 19.9 Å². The van der Waals surface area contributed by atoms with Crippen molar-refractivity contribution in [2.45, 2.75) is 0 Å². The molecule has 0 spiro atoms. The van der Waals surface area contributed by atoms with E-state index in [0.29, 0.717) is 17.5 Å². The van der Waals surface area contributed by atoms with Crippen molar-refractivity contribution in [2.75, 3.05) is 0 Å². The summed E-state index contributed by atoms with van der Waals surface area (Å²) in [6.07, 6.45) is 1.87. The predicted molar refractivity (Wildman–Crippen MR) is 231 cm³/mol. The highest BCUT2D eigenvalue weighted by molar-refractivity contribution is 6.10. The quantitative estimate of drug-likeness (QED) is 0.154. The number of nitrogens with zero attached hydrogens (tertiary/aromatic N) is 4. The Hall–Kier alpha value is -7.56. The minimum atomic E-state index is 0.636. The Labute approximate surface area is 325 Å². The third-order valence-electron chi connectivity index (χ3n) is 10.4. The van der Waals surface area contributed by atoms with Crippen LogP contribution in [0.4, 0.5) is 0 Å². The van der Waals surface area contributed by atoms with Gasteiger partial charge in [0.05, 0.1) is 5.52 Å². The molecule has 0 aliphatic heterocycles. The van der Waals surface area contributed by atoms with Crippen LogP contribution in [-0.4, -0.2) is 19.9 Å². The molecule has 0 unspecified atom stereocenters. The number of benzene rings is 8. The Morgan fingerprint density at radius 2 is 0.714 bits per heavy atom. The highest BCUT2D eigenvalue weighted by Gasteiger charge is 2.14. The van der Waals surface area contributed by atoms with E-state index < -0.39 is 0 Å². The van der Waals surface area contributed by atoms with Crippen LogP contribution in [0, 0.1) is 0 Å². The maximum Gasteiger partial charge on any atom is 0.164 e. The van der Waals surface area contributed by atoms with Gasteiger partial charge in [-0.05, 0) is 62.0 Å². The molecule has 10 rings (SSSR count). The normalized spacial score (nSPS) is 11.2. The van der Waals surface area contributed by atoms with Crippen LogP contribution in [0.2, 0.25) is 0 Å². The highest BCUT2D eigenvalue weighted by Crippen LogP contribution is 2.35. The van der Waals surface area contributed by atoms with Gasteiger partial charge in [-0.3, -0.25) is 4.98 Å². The van der Waals surface area contributed by atoms with E-state index in [0.717, 1.165) is 44.3 Å². The summed E-state index contributed by atoms with van der Waals surface area (Å²) in [6, 6.07) is 70.0. The Kier molecular flexibility index (Phi) is 8.47. The van der Waals surface area contributed by atoms with E-state index in [1.807, 2.05) is 48.7 Å². The molecule has 0 bridgehead atoms. The van der Waals surface area contributed by atoms with Crippen LogP contribution in [-0.2, 0) is 0 Å². The lowest BCUT2D eigenvalue weighted by atomic mass is 9.94. The summed E-state index contributed by atoms with van der Waals surface area (Å²) in [5.41, 5.74) is 13.2. The van der Waals surface area contributed by atoms with Gasteiger partial charge in [0.15, 0.2) is 17.5 Å². The van der Waals surface area contributed by atoms with Gasteiger partial charge in [0.25, 0.3) is 0 Å². The standard InChI is InChI=1S/C52H34N4/c1-3-10-35(11-4-1)36-21-27-42(28-22-36)51-54-50(41-12-5-2-6-13-41)55-52(56-51)43-29-23-38(24-30-43)45-15-7-14-44(34-45)37-19-25-39(26-20-37)46-17-8-18-48-47(46)32-31-40-16-9-33-53-49(40)48/h1-34H. The molecular formula is C52H34N4. The average molecular weight is 715 g/mol. The van der Waals surface area contributed by atoms with Gasteiger partial charge in [0.2, 0.25) is 0 Å². The van der Waals surface area contributed by atoms with E-state index in [4.69, 9.17) is 15.0 Å². The summed E-state index contributed by atoms with van der Waals surface area (Å²) >= 11 is 0. The molecule has 262 valence electrons. The minimum Gasteiger partial charge on any atom is -0.256 e. The number of pyridine rings is 1. The Morgan fingerprint density at radius 3 is 1.30 bits per heavy atom. The van der Waals surface area contributed by atoms with Crippen LogP contribution in [0.25, 0.3) is 100 Å². The first-order valence-electron chi connectivity index (χ1n) is 18.8. The Bertz CT molecular complexity index is 2980. The third-order valence-corrected chi connectivity index (χ3v) is 10.4. The topological polar surface area (TPSA) is 51.6 Å². The van der Waals surface area contributed by atoms with Gasteiger partial charge in [0.1, 0.15) is 0 Å². The van der Waals surface area contributed by atoms with Gasteiger partial charge in [-0.2, -0.15) is 0 Å². The second-order valence-electron chi connectivity index (χ2n) is 13.9. The first kappa shape index (κ1) is 33.0. The molecular weight excluding hydrogens is 681 g/mol. The van der Waals surface area contributed by atoms with E-state index in [-0.39, 0.29) is 0 Å². The highest BCUT2D eigenvalue weighted by atomic mass is 15.0. The van der Waals surface area contributed by atoms with Crippen molar-refractivity contribution >= 4 is 21.7 Å². The summed E-state index contributed by atoms with van der Waals surface area (Å²) in [5, 5.41) is 3.53. The zero-order valence-corrected chi connectivity index (χ0v) is 30.4. The van der Waals surface area contributed by atoms with Crippen LogP contribution < -0.4 is 0 Å². The molecule has 0 amide bonds. The molecule has 8 aromatic carbocycles. The van der Waals surface area contributed by atoms with E-state index >= 15 is 0 Å². The molecule has 0 N–H and O–H groups in total. The fraction of sp³-hybridized carbons (Fsp3) is 0. The molecule has 2 heterocycles. The second-order valence-corrected chi connectivity index (χ2v) is 13.9. The molecule has 0 atom stereocenters. The van der Waals surface area contributed by atoms with Crippen LogP contribution in [0.1, 0.15) is 0 Å². The lowest BCUT2D eigenvalue weighted by molar-refractivity contribution is 1.07. The van der Waals surface area contributed by atoms with Crippen LogP contribution in [0.5, 0.6) is 0 Å². The molecule has 0 aliphatic carbocycles. The van der Waals surface area contributed by atoms with Crippen LogP contribution in [0.3, 0.4) is 0 Å². The van der Waals surface area contributed by atoms with E-state index in [2.05, 4.69) is 163 Å². The zero-order valence-electron chi connectivity index (χ0n) is 30.4. The summed E-state index contributed by atoms with van der Waals surface area (Å²) in [7, 11) is 0. The number of hydrogen-bond donors (Lipinski definition) is 0. The number of aromatic nitrogens is 4. The number of rotatable bonds is 7. The summed E-state index contributed by atoms with van der Waals surface area (Å²) in [6.45, 7) is 0. The first-order chi connectivity index (χ1) is 27.7. The van der Waals surface area contributed by atoms with Crippen molar-refractivity contribution in [3.05, 3.63) is 206 Å². The van der Waals surface area contributed by atoms with Gasteiger partial charge >= 0.3 is 0 Å². The molecule has 0 aliphatic rings. The Balaban J connectivity index is 0.939. The number of fused-ring (bicyclic) bond motifs is 3. The molecule has 2 aromatic heterocycles. The van der Waals surface area contributed by atoms with Gasteiger partial charge < -0.3 is 0 Å². The molecule has 0 fully saturated rings. The maximum absolute atomic E-state index is 4.99. The largest absolute Gasteiger partial charge is 0.256 e. The number of hydrogen-bond acceptors (Lipinski definition) is 4. The van der Waals surface area contributed by atoms with Crippen molar-refractivity contribution in [3.63, 3.8) is 0 Å². The fourth-order valence-electron chi connectivity index (χ4n) is 7.48. The molecule has 0 saturated carbocycles. The van der Waals surface area contributed by atoms with Crippen LogP contribution in [0.15, 0.2) is 206 Å². The first-order valence-corrected chi connectivity index (χ1v) is 18.8. The van der Waals surface area contributed by atoms with Crippen molar-refractivity contribution in [3.8, 4) is 78.7 Å². The van der Waals surface area contributed by atoms with Gasteiger partial charge in [-0.15, -0.1) is 0 Å². The maximum atomic E-state index is 4.99. The fourth-order valence-corrected chi connectivity index (χ4v) is 7.48. The van der Waals surface area contributed by atoms with Crippen LogP contribution >= 0.6 is 0 Å². The zero-order chi connectivity index (χ0) is 37.3. The molecule has 4 nitrogen and oxygen atoms in total. The molecule has 4 heteroatoms. The molecule has 10 aromatic rings. The van der Waals surface area contributed by atoms with E-state index in [9.17, 15) is 0 Å². The lowest BCUT2D eigenvalue weighted by Gasteiger charge is -2.11. The summed E-state index contributed by atoms with van der Waals surface area (Å²) in [4.78, 5) is 19.6. The monoisotopic (exact) mass is 714 g/mol. The summed E-state index contributed by atoms with van der Waals surface area (Å²) in [5.74, 6) is 1.92. The van der Waals surface area contributed by atoms with Gasteiger partial charge in [-0.25, -0.2) is 15.0 Å². The van der Waals surface area contributed by atoms with Crippen molar-refractivity contribution in [1.29, 1.82) is 0 Å². The minimum absolute atomic E-state index is 0.636. The van der Waals surface area contributed by atoms with Gasteiger partial charge in [-0.1, -0.05) is 188 Å². The van der Waals surface area contributed by atoms with E-state index in [1.165, 1.54) is 38.6 Å². The average Bonchev–Trinajstić information content (AvgIpc) is 3.29. The van der Waals surface area contributed by atoms with E-state index in [1.54, 1.807) is 0 Å². The van der Waals surface area contributed by atoms with Gasteiger partial charge in [0, 0.05) is 33.7 Å². The lowest BCUT2D eigenvalue weighted by Crippen LogP contribution is -2.00. The SMILES string of the molecule is c1ccc(-c2ccc(-c3nc(-c4ccccc4)nc(-c4ccc(-c5cccc(-c6ccc(-c7cccc8c7ccc7cccnc78)cc6)c5)cc4)n3)cc2)cc1. The molecule has 56 heavy (non-hydrogen) atoms. The summed E-state index contributed by atoms with van der Waals surface area (Å²) < 4.78 is 0. The smallest absolute Gasteiger partial charge is 0.164 e. The van der Waals surface area contributed by atoms with Crippen molar-refractivity contribution < 1.29 is 0 Å². The molecule has 0 radical (unpaired) electrons. The second kappa shape index (κ2) is 14.3. The van der Waals surface area contributed by atoms with Crippen molar-refractivity contribution in [2.24, 2.45) is 0 Å². The predicted octanol–water partition coefficient (Wildman–Crippen LogP) is 13.2. The molecule has 0 saturated heterocycles.